The zero-order chi connectivity index (χ0) is 18.5. The van der Waals surface area contributed by atoms with Crippen LogP contribution in [0.25, 0.3) is 11.4 Å². The molecule has 0 radical (unpaired) electrons. The van der Waals surface area contributed by atoms with Gasteiger partial charge in [0.25, 0.3) is 0 Å². The number of benzene rings is 1. The van der Waals surface area contributed by atoms with Gasteiger partial charge in [-0.1, -0.05) is 12.1 Å². The third kappa shape index (κ3) is 4.10. The molecule has 3 aromatic rings. The summed E-state index contributed by atoms with van der Waals surface area (Å²) < 4.78 is 0. The number of H-pyrrole nitrogens is 1. The van der Waals surface area contributed by atoms with Crippen molar-refractivity contribution >= 4 is 17.5 Å². The molecule has 3 N–H and O–H groups in total. The molecule has 1 aromatic carbocycles. The average Bonchev–Trinajstić information content (AvgIpc) is 3.13. The van der Waals surface area contributed by atoms with Crippen LogP contribution < -0.4 is 10.6 Å². The third-order valence-electron chi connectivity index (χ3n) is 3.73. The van der Waals surface area contributed by atoms with Crippen LogP contribution in [-0.4, -0.2) is 32.0 Å². The number of nitrogens with zero attached hydrogens (tertiary/aromatic N) is 3. The summed E-state index contributed by atoms with van der Waals surface area (Å²) in [7, 11) is 0. The number of aromatic amines is 1. The van der Waals surface area contributed by atoms with Crippen molar-refractivity contribution in [2.24, 2.45) is 0 Å². The number of urea groups is 1. The molecule has 8 nitrogen and oxygen atoms in total. The molecule has 0 aliphatic carbocycles. The van der Waals surface area contributed by atoms with Gasteiger partial charge in [0.15, 0.2) is 11.6 Å². The van der Waals surface area contributed by atoms with Crippen LogP contribution in [0.5, 0.6) is 0 Å². The molecule has 8 heteroatoms. The van der Waals surface area contributed by atoms with E-state index >= 15 is 0 Å². The number of rotatable bonds is 5. The predicted molar refractivity (Wildman–Crippen MR) is 96.6 cm³/mol. The fourth-order valence-corrected chi connectivity index (χ4v) is 2.35. The van der Waals surface area contributed by atoms with E-state index in [1.807, 2.05) is 0 Å². The summed E-state index contributed by atoms with van der Waals surface area (Å²) in [6, 6.07) is 9.58. The molecule has 0 bridgehead atoms. The topological polar surface area (TPSA) is 113 Å². The molecule has 0 spiro atoms. The maximum absolute atomic E-state index is 12.2. The standard InChI is InChI=1S/C18H18N6O2/c1-11(16-22-17(24-23-16)13-6-8-19-9-7-13)20-18(26)21-15-5-3-4-14(10-15)12(2)25/h3-11H,1-2H3,(H2,20,21,26)(H,22,23,24)/t11-/m1/s1. The second kappa shape index (κ2) is 7.56. The summed E-state index contributed by atoms with van der Waals surface area (Å²) in [5, 5.41) is 12.5. The summed E-state index contributed by atoms with van der Waals surface area (Å²) in [5.74, 6) is 1.00. The average molecular weight is 350 g/mol. The van der Waals surface area contributed by atoms with E-state index in [0.29, 0.717) is 22.9 Å². The van der Waals surface area contributed by atoms with Crippen LogP contribution in [0.1, 0.15) is 36.1 Å². The van der Waals surface area contributed by atoms with E-state index in [2.05, 4.69) is 30.8 Å². The summed E-state index contributed by atoms with van der Waals surface area (Å²) in [5.41, 5.74) is 1.91. The summed E-state index contributed by atoms with van der Waals surface area (Å²) in [4.78, 5) is 31.9. The fourth-order valence-electron chi connectivity index (χ4n) is 2.35. The van der Waals surface area contributed by atoms with Gasteiger partial charge in [-0.15, -0.1) is 0 Å². The number of hydrogen-bond acceptors (Lipinski definition) is 5. The number of anilines is 1. The van der Waals surface area contributed by atoms with E-state index in [4.69, 9.17) is 0 Å². The fraction of sp³-hybridized carbons (Fsp3) is 0.167. The van der Waals surface area contributed by atoms with Gasteiger partial charge in [0.1, 0.15) is 5.82 Å². The number of hydrogen-bond donors (Lipinski definition) is 3. The van der Waals surface area contributed by atoms with E-state index in [-0.39, 0.29) is 11.8 Å². The molecule has 1 atom stereocenters. The highest BCUT2D eigenvalue weighted by molar-refractivity contribution is 5.96. The van der Waals surface area contributed by atoms with E-state index in [1.54, 1.807) is 55.7 Å². The Morgan fingerprint density at radius 2 is 1.92 bits per heavy atom. The van der Waals surface area contributed by atoms with Crippen molar-refractivity contribution in [3.8, 4) is 11.4 Å². The molecule has 0 fully saturated rings. The molecular weight excluding hydrogens is 332 g/mol. The lowest BCUT2D eigenvalue weighted by molar-refractivity contribution is 0.101. The minimum atomic E-state index is -0.403. The number of ketones is 1. The predicted octanol–water partition coefficient (Wildman–Crippen LogP) is 2.95. The lowest BCUT2D eigenvalue weighted by Gasteiger charge is -2.12. The Hall–Kier alpha value is -3.55. The molecule has 0 saturated carbocycles. The molecule has 0 aliphatic rings. The van der Waals surface area contributed by atoms with E-state index in [9.17, 15) is 9.59 Å². The molecular formula is C18H18N6O2. The summed E-state index contributed by atoms with van der Waals surface area (Å²) >= 11 is 0. The Labute approximate surface area is 150 Å². The van der Waals surface area contributed by atoms with Gasteiger partial charge in [-0.05, 0) is 38.1 Å². The number of carbonyl (C=O) groups is 2. The first kappa shape index (κ1) is 17.3. The van der Waals surface area contributed by atoms with Crippen LogP contribution >= 0.6 is 0 Å². The van der Waals surface area contributed by atoms with Gasteiger partial charge < -0.3 is 10.6 Å². The smallest absolute Gasteiger partial charge is 0.319 e. The van der Waals surface area contributed by atoms with Crippen LogP contribution in [-0.2, 0) is 0 Å². The second-order valence-corrected chi connectivity index (χ2v) is 5.74. The monoisotopic (exact) mass is 350 g/mol. The van der Waals surface area contributed by atoms with E-state index in [0.717, 1.165) is 5.56 Å². The summed E-state index contributed by atoms with van der Waals surface area (Å²) in [6.45, 7) is 3.27. The molecule has 2 heterocycles. The van der Waals surface area contributed by atoms with Crippen LogP contribution in [0.4, 0.5) is 10.5 Å². The van der Waals surface area contributed by atoms with Crippen LogP contribution in [0, 0.1) is 0 Å². The Kier molecular flexibility index (Phi) is 5.02. The number of Topliss-reactive ketones (excluding diaryl/α,β-unsaturated/α-hetero) is 1. The van der Waals surface area contributed by atoms with Crippen molar-refractivity contribution in [2.45, 2.75) is 19.9 Å². The van der Waals surface area contributed by atoms with Crippen LogP contribution in [0.3, 0.4) is 0 Å². The summed E-state index contributed by atoms with van der Waals surface area (Å²) in [6.07, 6.45) is 3.32. The normalized spacial score (nSPS) is 11.6. The highest BCUT2D eigenvalue weighted by Crippen LogP contribution is 2.16. The SMILES string of the molecule is CC(=O)c1cccc(NC(=O)N[C@H](C)c2nc(-c3ccncc3)n[nH]2)c1. The molecule has 2 amide bonds. The molecule has 2 aromatic heterocycles. The number of aromatic nitrogens is 4. The van der Waals surface area contributed by atoms with Crippen molar-refractivity contribution in [3.05, 3.63) is 60.2 Å². The van der Waals surface area contributed by atoms with Gasteiger partial charge >= 0.3 is 6.03 Å². The minimum Gasteiger partial charge on any atom is -0.328 e. The van der Waals surface area contributed by atoms with Gasteiger partial charge in [0.2, 0.25) is 0 Å². The molecule has 0 unspecified atom stereocenters. The zero-order valence-corrected chi connectivity index (χ0v) is 14.4. The maximum atomic E-state index is 12.2. The van der Waals surface area contributed by atoms with Crippen molar-refractivity contribution in [3.63, 3.8) is 0 Å². The number of nitrogens with one attached hydrogen (secondary N) is 3. The van der Waals surface area contributed by atoms with Gasteiger partial charge in [-0.2, -0.15) is 5.10 Å². The number of amides is 2. The van der Waals surface area contributed by atoms with Crippen LogP contribution in [0.2, 0.25) is 0 Å². The highest BCUT2D eigenvalue weighted by atomic mass is 16.2. The first-order valence-corrected chi connectivity index (χ1v) is 8.04. The highest BCUT2D eigenvalue weighted by Gasteiger charge is 2.15. The second-order valence-electron chi connectivity index (χ2n) is 5.74. The van der Waals surface area contributed by atoms with Gasteiger partial charge in [0, 0.05) is 29.2 Å². The van der Waals surface area contributed by atoms with Crippen molar-refractivity contribution < 1.29 is 9.59 Å². The minimum absolute atomic E-state index is 0.0623. The third-order valence-corrected chi connectivity index (χ3v) is 3.73. The Morgan fingerprint density at radius 3 is 2.65 bits per heavy atom. The Balaban J connectivity index is 1.64. The first-order chi connectivity index (χ1) is 12.5. The lowest BCUT2D eigenvalue weighted by atomic mass is 10.1. The van der Waals surface area contributed by atoms with Crippen molar-refractivity contribution in [1.29, 1.82) is 0 Å². The van der Waals surface area contributed by atoms with E-state index in [1.165, 1.54) is 6.92 Å². The van der Waals surface area contributed by atoms with E-state index < -0.39 is 6.03 Å². The van der Waals surface area contributed by atoms with Crippen molar-refractivity contribution in [2.75, 3.05) is 5.32 Å². The number of pyridine rings is 1. The molecule has 132 valence electrons. The zero-order valence-electron chi connectivity index (χ0n) is 14.4. The van der Waals surface area contributed by atoms with Crippen LogP contribution in [0.15, 0.2) is 48.8 Å². The number of carbonyl (C=O) groups excluding carboxylic acids is 2. The largest absolute Gasteiger partial charge is 0.328 e. The Morgan fingerprint density at radius 1 is 1.15 bits per heavy atom. The quantitative estimate of drug-likeness (QED) is 0.612. The molecule has 26 heavy (non-hydrogen) atoms. The maximum Gasteiger partial charge on any atom is 0.319 e. The molecule has 3 rings (SSSR count). The first-order valence-electron chi connectivity index (χ1n) is 8.04. The van der Waals surface area contributed by atoms with Gasteiger partial charge in [-0.25, -0.2) is 9.78 Å². The Bertz CT molecular complexity index is 922. The van der Waals surface area contributed by atoms with Gasteiger partial charge in [0.05, 0.1) is 6.04 Å². The van der Waals surface area contributed by atoms with Gasteiger partial charge in [-0.3, -0.25) is 14.9 Å². The molecule has 0 aliphatic heterocycles. The van der Waals surface area contributed by atoms with Crippen molar-refractivity contribution in [1.82, 2.24) is 25.5 Å². The lowest BCUT2D eigenvalue weighted by Crippen LogP contribution is -2.31. The molecule has 0 saturated heterocycles.